The zero-order chi connectivity index (χ0) is 7.97. The third-order valence-electron chi connectivity index (χ3n) is 3.98. The molecule has 0 nitrogen and oxygen atoms in total. The van der Waals surface area contributed by atoms with E-state index in [2.05, 4.69) is 18.2 Å². The number of rotatable bonds is 0. The van der Waals surface area contributed by atoms with E-state index in [1.54, 1.807) is 5.57 Å². The van der Waals surface area contributed by atoms with E-state index in [9.17, 15) is 0 Å². The molecule has 0 radical (unpaired) electrons. The summed E-state index contributed by atoms with van der Waals surface area (Å²) in [6, 6.07) is 0. The summed E-state index contributed by atoms with van der Waals surface area (Å²) in [6.45, 7) is 0. The summed E-state index contributed by atoms with van der Waals surface area (Å²) in [4.78, 5) is 0. The van der Waals surface area contributed by atoms with Crippen molar-refractivity contribution in [2.45, 2.75) is 32.1 Å². The monoisotopic (exact) mass is 160 g/mol. The van der Waals surface area contributed by atoms with E-state index in [0.717, 1.165) is 17.8 Å². The van der Waals surface area contributed by atoms with Gasteiger partial charge in [0.2, 0.25) is 0 Å². The van der Waals surface area contributed by atoms with Crippen LogP contribution in [0.15, 0.2) is 23.8 Å². The predicted molar refractivity (Wildman–Crippen MR) is 50.8 cm³/mol. The van der Waals surface area contributed by atoms with Crippen LogP contribution < -0.4 is 0 Å². The van der Waals surface area contributed by atoms with Gasteiger partial charge in [0.05, 0.1) is 0 Å². The molecule has 3 aliphatic carbocycles. The van der Waals surface area contributed by atoms with Gasteiger partial charge in [-0.15, -0.1) is 0 Å². The average Bonchev–Trinajstić information content (AvgIpc) is 2.52. The van der Waals surface area contributed by atoms with Crippen LogP contribution in [0.5, 0.6) is 0 Å². The van der Waals surface area contributed by atoms with Crippen molar-refractivity contribution in [3.8, 4) is 0 Å². The molecule has 0 amide bonds. The SMILES string of the molecule is C1=CC2CCCC3CCC(=C1)C23. The van der Waals surface area contributed by atoms with Gasteiger partial charge in [0.15, 0.2) is 0 Å². The molecule has 3 unspecified atom stereocenters. The van der Waals surface area contributed by atoms with Crippen LogP contribution >= 0.6 is 0 Å². The molecular weight excluding hydrogens is 144 g/mol. The summed E-state index contributed by atoms with van der Waals surface area (Å²) in [6.07, 6.45) is 14.4. The standard InChI is InChI=1S/C12H16/c1-3-9-4-2-6-11-8-7-10(5-1)12(9)11/h1,3,5,9,11-12H,2,4,6-8H2. The van der Waals surface area contributed by atoms with E-state index < -0.39 is 0 Å². The van der Waals surface area contributed by atoms with E-state index in [1.807, 2.05) is 0 Å². The lowest BCUT2D eigenvalue weighted by Crippen LogP contribution is -2.24. The molecule has 0 aromatic carbocycles. The Hall–Kier alpha value is -0.520. The lowest BCUT2D eigenvalue weighted by atomic mass is 9.71. The van der Waals surface area contributed by atoms with Crippen molar-refractivity contribution in [2.24, 2.45) is 17.8 Å². The summed E-state index contributed by atoms with van der Waals surface area (Å²) in [7, 11) is 0. The Labute approximate surface area is 74.4 Å². The van der Waals surface area contributed by atoms with Gasteiger partial charge < -0.3 is 0 Å². The Morgan fingerprint density at radius 3 is 3.17 bits per heavy atom. The minimum Gasteiger partial charge on any atom is -0.0808 e. The molecule has 2 saturated carbocycles. The quantitative estimate of drug-likeness (QED) is 0.510. The highest BCUT2D eigenvalue weighted by Gasteiger charge is 2.39. The van der Waals surface area contributed by atoms with Crippen LogP contribution in [0.3, 0.4) is 0 Å². The first-order valence-corrected chi connectivity index (χ1v) is 5.32. The van der Waals surface area contributed by atoms with Crippen molar-refractivity contribution in [1.29, 1.82) is 0 Å². The maximum absolute atomic E-state index is 2.45. The van der Waals surface area contributed by atoms with E-state index in [1.165, 1.54) is 32.1 Å². The lowest BCUT2D eigenvalue weighted by Gasteiger charge is -2.34. The van der Waals surface area contributed by atoms with Crippen LogP contribution in [0.2, 0.25) is 0 Å². The van der Waals surface area contributed by atoms with Crippen molar-refractivity contribution >= 4 is 0 Å². The van der Waals surface area contributed by atoms with Gasteiger partial charge in [-0.1, -0.05) is 30.2 Å². The van der Waals surface area contributed by atoms with Gasteiger partial charge in [0.25, 0.3) is 0 Å². The molecule has 0 heteroatoms. The van der Waals surface area contributed by atoms with Crippen LogP contribution in [0.4, 0.5) is 0 Å². The highest BCUT2D eigenvalue weighted by atomic mass is 14.4. The highest BCUT2D eigenvalue weighted by molar-refractivity contribution is 5.27. The minimum absolute atomic E-state index is 0.922. The third-order valence-corrected chi connectivity index (χ3v) is 3.98. The maximum atomic E-state index is 2.45. The molecule has 0 saturated heterocycles. The van der Waals surface area contributed by atoms with Gasteiger partial charge in [0.1, 0.15) is 0 Å². The van der Waals surface area contributed by atoms with E-state index >= 15 is 0 Å². The molecule has 3 rings (SSSR count). The van der Waals surface area contributed by atoms with Crippen LogP contribution in [0.25, 0.3) is 0 Å². The van der Waals surface area contributed by atoms with Crippen LogP contribution in [-0.4, -0.2) is 0 Å². The van der Waals surface area contributed by atoms with Gasteiger partial charge in [-0.3, -0.25) is 0 Å². The Bertz CT molecular complexity index is 247. The van der Waals surface area contributed by atoms with Gasteiger partial charge >= 0.3 is 0 Å². The summed E-state index contributed by atoms with van der Waals surface area (Å²) >= 11 is 0. The minimum atomic E-state index is 0.922. The summed E-state index contributed by atoms with van der Waals surface area (Å²) in [5.41, 5.74) is 1.77. The second-order valence-electron chi connectivity index (χ2n) is 4.55. The molecule has 0 aliphatic heterocycles. The van der Waals surface area contributed by atoms with Crippen LogP contribution in [-0.2, 0) is 0 Å². The summed E-state index contributed by atoms with van der Waals surface area (Å²) in [5.74, 6) is 2.95. The van der Waals surface area contributed by atoms with Crippen molar-refractivity contribution in [2.75, 3.05) is 0 Å². The number of hydrogen-bond donors (Lipinski definition) is 0. The zero-order valence-electron chi connectivity index (χ0n) is 7.50. The topological polar surface area (TPSA) is 0 Å². The third kappa shape index (κ3) is 0.840. The van der Waals surface area contributed by atoms with Gasteiger partial charge in [0, 0.05) is 0 Å². The van der Waals surface area contributed by atoms with Gasteiger partial charge in [-0.25, -0.2) is 0 Å². The lowest BCUT2D eigenvalue weighted by molar-refractivity contribution is 0.243. The molecule has 0 spiro atoms. The molecule has 0 aromatic rings. The molecule has 12 heavy (non-hydrogen) atoms. The molecular formula is C12H16. The molecule has 0 heterocycles. The molecule has 3 aliphatic rings. The summed E-state index contributed by atoms with van der Waals surface area (Å²) < 4.78 is 0. The van der Waals surface area contributed by atoms with Crippen molar-refractivity contribution in [3.05, 3.63) is 23.8 Å². The molecule has 64 valence electrons. The van der Waals surface area contributed by atoms with Gasteiger partial charge in [-0.2, -0.15) is 0 Å². The Morgan fingerprint density at radius 2 is 2.17 bits per heavy atom. The second-order valence-corrected chi connectivity index (χ2v) is 4.55. The predicted octanol–water partition coefficient (Wildman–Crippen LogP) is 3.31. The van der Waals surface area contributed by atoms with Crippen LogP contribution in [0, 0.1) is 17.8 Å². The van der Waals surface area contributed by atoms with E-state index in [-0.39, 0.29) is 0 Å². The largest absolute Gasteiger partial charge is 0.0808 e. The first kappa shape index (κ1) is 6.94. The number of hydrogen-bond acceptors (Lipinski definition) is 0. The molecule has 3 atom stereocenters. The summed E-state index contributed by atoms with van der Waals surface area (Å²) in [5, 5.41) is 0. The Morgan fingerprint density at radius 1 is 1.17 bits per heavy atom. The fraction of sp³-hybridized carbons (Fsp3) is 0.667. The fourth-order valence-corrected chi connectivity index (χ4v) is 3.48. The first-order valence-electron chi connectivity index (χ1n) is 5.32. The van der Waals surface area contributed by atoms with Crippen molar-refractivity contribution in [1.82, 2.24) is 0 Å². The average molecular weight is 160 g/mol. The molecule has 0 bridgehead atoms. The normalized spacial score (nSPS) is 44.0. The van der Waals surface area contributed by atoms with Crippen molar-refractivity contribution < 1.29 is 0 Å². The van der Waals surface area contributed by atoms with Crippen molar-refractivity contribution in [3.63, 3.8) is 0 Å². The smallest absolute Gasteiger partial charge is 0.0109 e. The zero-order valence-corrected chi connectivity index (χ0v) is 7.50. The fourth-order valence-electron chi connectivity index (χ4n) is 3.48. The maximum Gasteiger partial charge on any atom is -0.0109 e. The Kier molecular flexibility index (Phi) is 1.44. The van der Waals surface area contributed by atoms with Gasteiger partial charge in [-0.05, 0) is 43.4 Å². The molecule has 2 fully saturated rings. The molecule has 0 N–H and O–H groups in total. The van der Waals surface area contributed by atoms with E-state index in [0.29, 0.717) is 0 Å². The van der Waals surface area contributed by atoms with E-state index in [4.69, 9.17) is 0 Å². The second kappa shape index (κ2) is 2.48. The highest BCUT2D eigenvalue weighted by Crippen LogP contribution is 2.50. The first-order chi connectivity index (χ1) is 5.95. The Balaban J connectivity index is 1.98. The van der Waals surface area contributed by atoms with Crippen LogP contribution in [0.1, 0.15) is 32.1 Å². The number of allylic oxidation sites excluding steroid dienone is 4. The molecule has 0 aromatic heterocycles.